The summed E-state index contributed by atoms with van der Waals surface area (Å²) in [5, 5.41) is 7.30. The molecule has 2 aliphatic rings. The monoisotopic (exact) mass is 385 g/mol. The highest BCUT2D eigenvalue weighted by atomic mass is 19.1. The minimum absolute atomic E-state index is 0.0618. The highest BCUT2D eigenvalue weighted by Crippen LogP contribution is 2.17. The van der Waals surface area contributed by atoms with E-state index < -0.39 is 0 Å². The quantitative estimate of drug-likeness (QED) is 0.879. The maximum atomic E-state index is 12.9. The van der Waals surface area contributed by atoms with Gasteiger partial charge in [-0.05, 0) is 43.0 Å². The molecule has 0 unspecified atom stereocenters. The number of carbonyl (C=O) groups is 2. The molecule has 0 radical (unpaired) electrons. The molecular weight excluding hydrogens is 361 g/mol. The number of carbonyl (C=O) groups excluding carboxylic acids is 2. The first-order chi connectivity index (χ1) is 13.6. The van der Waals surface area contributed by atoms with Gasteiger partial charge in [-0.15, -0.1) is 0 Å². The fraction of sp³-hybridized carbons (Fsp3) is 0.450. The summed E-state index contributed by atoms with van der Waals surface area (Å²) in [5.74, 6) is -0.359. The second kappa shape index (κ2) is 8.00. The van der Waals surface area contributed by atoms with Crippen LogP contribution in [-0.2, 0) is 19.5 Å². The van der Waals surface area contributed by atoms with Crippen LogP contribution < -0.4 is 5.32 Å². The molecule has 1 N–H and O–H groups in total. The standard InChI is InChI=1S/C20H24FN5O2/c21-16-6-4-15(5-7-16)14-22-20(28)25-11-9-24(10-12-25)19(27)18-13-17-3-1-2-8-26(17)23-18/h4-7,13H,1-3,8-12,14H2,(H,22,28). The Bertz CT molecular complexity index is 832. The molecule has 0 aliphatic carbocycles. The van der Waals surface area contributed by atoms with E-state index in [2.05, 4.69) is 10.4 Å². The van der Waals surface area contributed by atoms with Crippen molar-refractivity contribution in [3.05, 3.63) is 53.1 Å². The Morgan fingerprint density at radius 1 is 1.00 bits per heavy atom. The second-order valence-electron chi connectivity index (χ2n) is 7.27. The van der Waals surface area contributed by atoms with Gasteiger partial charge in [0.2, 0.25) is 0 Å². The lowest BCUT2D eigenvalue weighted by Gasteiger charge is -2.34. The number of nitrogens with zero attached hydrogens (tertiary/aromatic N) is 4. The van der Waals surface area contributed by atoms with Crippen molar-refractivity contribution in [1.29, 1.82) is 0 Å². The number of fused-ring (bicyclic) bond motifs is 1. The normalized spacial score (nSPS) is 16.6. The lowest BCUT2D eigenvalue weighted by molar-refractivity contribution is 0.0658. The van der Waals surface area contributed by atoms with Crippen molar-refractivity contribution in [2.45, 2.75) is 32.4 Å². The van der Waals surface area contributed by atoms with Crippen LogP contribution in [0.1, 0.15) is 34.6 Å². The SMILES string of the molecule is O=C(NCc1ccc(F)cc1)N1CCN(C(=O)c2cc3n(n2)CCCC3)CC1. The topological polar surface area (TPSA) is 70.5 Å². The maximum Gasteiger partial charge on any atom is 0.317 e. The van der Waals surface area contributed by atoms with Gasteiger partial charge in [0.15, 0.2) is 5.69 Å². The summed E-state index contributed by atoms with van der Waals surface area (Å²) in [6, 6.07) is 7.78. The minimum Gasteiger partial charge on any atom is -0.334 e. The summed E-state index contributed by atoms with van der Waals surface area (Å²) in [6.45, 7) is 3.17. The minimum atomic E-state index is -0.297. The third kappa shape index (κ3) is 4.00. The Hall–Kier alpha value is -2.90. The number of aryl methyl sites for hydroxylation is 2. The van der Waals surface area contributed by atoms with E-state index in [-0.39, 0.29) is 17.8 Å². The van der Waals surface area contributed by atoms with E-state index in [4.69, 9.17) is 0 Å². The average molecular weight is 385 g/mol. The molecule has 7 nitrogen and oxygen atoms in total. The average Bonchev–Trinajstić information content (AvgIpc) is 3.17. The fourth-order valence-electron chi connectivity index (χ4n) is 3.69. The third-order valence-corrected chi connectivity index (χ3v) is 5.35. The molecule has 0 saturated carbocycles. The molecule has 0 spiro atoms. The number of benzene rings is 1. The molecule has 148 valence electrons. The third-order valence-electron chi connectivity index (χ3n) is 5.35. The molecule has 1 aromatic heterocycles. The zero-order chi connectivity index (χ0) is 19.5. The molecule has 3 amide bonds. The van der Waals surface area contributed by atoms with Gasteiger partial charge in [0.25, 0.3) is 5.91 Å². The van der Waals surface area contributed by atoms with Gasteiger partial charge < -0.3 is 15.1 Å². The summed E-state index contributed by atoms with van der Waals surface area (Å²) in [5.41, 5.74) is 2.48. The van der Waals surface area contributed by atoms with Crippen molar-refractivity contribution >= 4 is 11.9 Å². The molecule has 1 saturated heterocycles. The van der Waals surface area contributed by atoms with E-state index in [1.165, 1.54) is 12.1 Å². The number of nitrogens with one attached hydrogen (secondary N) is 1. The van der Waals surface area contributed by atoms with Gasteiger partial charge in [-0.1, -0.05) is 12.1 Å². The van der Waals surface area contributed by atoms with Crippen molar-refractivity contribution in [2.24, 2.45) is 0 Å². The first kappa shape index (κ1) is 18.5. The molecule has 4 rings (SSSR count). The molecule has 2 aliphatic heterocycles. The van der Waals surface area contributed by atoms with Crippen LogP contribution in [0.2, 0.25) is 0 Å². The van der Waals surface area contributed by atoms with Crippen LogP contribution >= 0.6 is 0 Å². The van der Waals surface area contributed by atoms with Crippen LogP contribution in [0.3, 0.4) is 0 Å². The largest absolute Gasteiger partial charge is 0.334 e. The lowest BCUT2D eigenvalue weighted by atomic mass is 10.1. The van der Waals surface area contributed by atoms with Gasteiger partial charge in [-0.3, -0.25) is 9.48 Å². The summed E-state index contributed by atoms with van der Waals surface area (Å²) in [6.07, 6.45) is 3.22. The van der Waals surface area contributed by atoms with E-state index in [9.17, 15) is 14.0 Å². The van der Waals surface area contributed by atoms with Crippen molar-refractivity contribution < 1.29 is 14.0 Å². The first-order valence-electron chi connectivity index (χ1n) is 9.73. The van der Waals surface area contributed by atoms with Crippen molar-refractivity contribution in [2.75, 3.05) is 26.2 Å². The maximum absolute atomic E-state index is 12.9. The van der Waals surface area contributed by atoms with Gasteiger partial charge in [-0.25, -0.2) is 9.18 Å². The summed E-state index contributed by atoms with van der Waals surface area (Å²) < 4.78 is 14.9. The van der Waals surface area contributed by atoms with Crippen LogP contribution in [-0.4, -0.2) is 57.7 Å². The van der Waals surface area contributed by atoms with E-state index in [0.717, 1.165) is 37.1 Å². The van der Waals surface area contributed by atoms with E-state index >= 15 is 0 Å². The van der Waals surface area contributed by atoms with Gasteiger partial charge >= 0.3 is 6.03 Å². The van der Waals surface area contributed by atoms with Crippen LogP contribution in [0.25, 0.3) is 0 Å². The van der Waals surface area contributed by atoms with Crippen LogP contribution in [0.4, 0.5) is 9.18 Å². The molecule has 0 bridgehead atoms. The number of halogens is 1. The van der Waals surface area contributed by atoms with Crippen LogP contribution in [0.15, 0.2) is 30.3 Å². The zero-order valence-electron chi connectivity index (χ0n) is 15.7. The Kier molecular flexibility index (Phi) is 5.27. The molecule has 2 aromatic rings. The van der Waals surface area contributed by atoms with E-state index in [1.54, 1.807) is 21.9 Å². The molecule has 1 fully saturated rings. The van der Waals surface area contributed by atoms with Crippen molar-refractivity contribution in [3.63, 3.8) is 0 Å². The fourth-order valence-corrected chi connectivity index (χ4v) is 3.69. The highest BCUT2D eigenvalue weighted by molar-refractivity contribution is 5.92. The highest BCUT2D eigenvalue weighted by Gasteiger charge is 2.27. The summed E-state index contributed by atoms with van der Waals surface area (Å²) in [7, 11) is 0. The number of urea groups is 1. The summed E-state index contributed by atoms with van der Waals surface area (Å²) in [4.78, 5) is 28.5. The smallest absolute Gasteiger partial charge is 0.317 e. The number of hydrogen-bond acceptors (Lipinski definition) is 3. The van der Waals surface area contributed by atoms with Crippen LogP contribution in [0, 0.1) is 5.82 Å². The second-order valence-corrected chi connectivity index (χ2v) is 7.27. The number of hydrogen-bond donors (Lipinski definition) is 1. The number of aromatic nitrogens is 2. The van der Waals surface area contributed by atoms with E-state index in [0.29, 0.717) is 38.4 Å². The Morgan fingerprint density at radius 3 is 2.43 bits per heavy atom. The molecule has 1 aromatic carbocycles. The van der Waals surface area contributed by atoms with Gasteiger partial charge in [0, 0.05) is 45.0 Å². The Labute approximate surface area is 163 Å². The zero-order valence-corrected chi connectivity index (χ0v) is 15.7. The number of amides is 3. The van der Waals surface area contributed by atoms with Gasteiger partial charge in [-0.2, -0.15) is 5.10 Å². The molecule has 3 heterocycles. The van der Waals surface area contributed by atoms with Crippen molar-refractivity contribution in [3.8, 4) is 0 Å². The van der Waals surface area contributed by atoms with Gasteiger partial charge in [0.1, 0.15) is 5.82 Å². The van der Waals surface area contributed by atoms with Crippen molar-refractivity contribution in [1.82, 2.24) is 24.9 Å². The lowest BCUT2D eigenvalue weighted by Crippen LogP contribution is -2.53. The Morgan fingerprint density at radius 2 is 1.71 bits per heavy atom. The predicted molar refractivity (Wildman–Crippen MR) is 101 cm³/mol. The first-order valence-corrected chi connectivity index (χ1v) is 9.73. The molecule has 8 heteroatoms. The Balaban J connectivity index is 1.27. The molecule has 0 atom stereocenters. The van der Waals surface area contributed by atoms with Crippen LogP contribution in [0.5, 0.6) is 0 Å². The predicted octanol–water partition coefficient (Wildman–Crippen LogP) is 2.03. The van der Waals surface area contributed by atoms with E-state index in [1.807, 2.05) is 10.7 Å². The molecule has 28 heavy (non-hydrogen) atoms. The number of piperazine rings is 1. The van der Waals surface area contributed by atoms with Gasteiger partial charge in [0.05, 0.1) is 0 Å². The summed E-state index contributed by atoms with van der Waals surface area (Å²) >= 11 is 0. The number of rotatable bonds is 3. The molecular formula is C20H24FN5O2.